The smallest absolute Gasteiger partial charge is 0.0220 e. The van der Waals surface area contributed by atoms with E-state index in [-0.39, 0.29) is 0 Å². The number of thioether (sulfide) groups is 1. The second-order valence-corrected chi connectivity index (χ2v) is 8.69. The quantitative estimate of drug-likeness (QED) is 0.769. The van der Waals surface area contributed by atoms with Gasteiger partial charge < -0.3 is 5.32 Å². The van der Waals surface area contributed by atoms with Crippen molar-refractivity contribution in [3.05, 3.63) is 0 Å². The first-order chi connectivity index (χ1) is 8.94. The largest absolute Gasteiger partial charge is 0.315 e. The molecule has 2 nitrogen and oxygen atoms in total. The zero-order valence-corrected chi connectivity index (χ0v) is 14.5. The van der Waals surface area contributed by atoms with Crippen molar-refractivity contribution in [2.45, 2.75) is 64.7 Å². The van der Waals surface area contributed by atoms with E-state index < -0.39 is 0 Å². The summed E-state index contributed by atoms with van der Waals surface area (Å²) in [5.41, 5.74) is 0. The van der Waals surface area contributed by atoms with E-state index >= 15 is 0 Å². The van der Waals surface area contributed by atoms with Gasteiger partial charge in [0, 0.05) is 29.6 Å². The molecule has 0 aliphatic carbocycles. The van der Waals surface area contributed by atoms with E-state index in [1.54, 1.807) is 0 Å². The van der Waals surface area contributed by atoms with Crippen LogP contribution in [0.25, 0.3) is 0 Å². The molecule has 0 spiro atoms. The maximum absolute atomic E-state index is 3.66. The number of hydrogen-bond acceptors (Lipinski definition) is 3. The van der Waals surface area contributed by atoms with E-state index in [1.807, 2.05) is 0 Å². The summed E-state index contributed by atoms with van der Waals surface area (Å²) >= 11 is 2.15. The van der Waals surface area contributed by atoms with E-state index in [9.17, 15) is 0 Å². The fourth-order valence-corrected chi connectivity index (χ4v) is 3.80. The zero-order valence-electron chi connectivity index (χ0n) is 13.7. The molecule has 1 N–H and O–H groups in total. The molecule has 0 amide bonds. The predicted octanol–water partition coefficient (Wildman–Crippen LogP) is 3.62. The summed E-state index contributed by atoms with van der Waals surface area (Å²) in [6.07, 6.45) is 3.94. The lowest BCUT2D eigenvalue weighted by molar-refractivity contribution is 0.188. The third-order valence-corrected chi connectivity index (χ3v) is 5.32. The summed E-state index contributed by atoms with van der Waals surface area (Å²) in [6.45, 7) is 16.5. The number of nitrogens with one attached hydrogen (secondary N) is 1. The van der Waals surface area contributed by atoms with Crippen LogP contribution in [0, 0.1) is 5.92 Å². The standard InChI is InChI=1S/C16H34N2S/c1-6-7-15(13-17-12-14(2)3)18-9-8-16(4,5)19-11-10-18/h14-15,17H,6-13H2,1-5H3. The highest BCUT2D eigenvalue weighted by Crippen LogP contribution is 2.31. The van der Waals surface area contributed by atoms with Gasteiger partial charge in [-0.05, 0) is 31.8 Å². The molecule has 0 aromatic carbocycles. The lowest BCUT2D eigenvalue weighted by Crippen LogP contribution is -2.44. The molecule has 0 aromatic heterocycles. The lowest BCUT2D eigenvalue weighted by atomic mass is 10.1. The molecule has 0 saturated carbocycles. The highest BCUT2D eigenvalue weighted by Gasteiger charge is 2.26. The van der Waals surface area contributed by atoms with Crippen molar-refractivity contribution in [3.8, 4) is 0 Å². The van der Waals surface area contributed by atoms with Crippen LogP contribution in [-0.2, 0) is 0 Å². The van der Waals surface area contributed by atoms with Gasteiger partial charge in [-0.25, -0.2) is 0 Å². The molecular formula is C16H34N2S. The number of rotatable bonds is 7. The van der Waals surface area contributed by atoms with Crippen LogP contribution in [0.4, 0.5) is 0 Å². The van der Waals surface area contributed by atoms with Crippen molar-refractivity contribution >= 4 is 11.8 Å². The van der Waals surface area contributed by atoms with Gasteiger partial charge in [0.2, 0.25) is 0 Å². The summed E-state index contributed by atoms with van der Waals surface area (Å²) in [5.74, 6) is 2.04. The van der Waals surface area contributed by atoms with Gasteiger partial charge in [-0.1, -0.05) is 41.0 Å². The maximum atomic E-state index is 3.66. The molecule has 1 aliphatic heterocycles. The molecule has 114 valence electrons. The number of hydrogen-bond donors (Lipinski definition) is 1. The predicted molar refractivity (Wildman–Crippen MR) is 89.1 cm³/mol. The normalized spacial score (nSPS) is 22.4. The molecule has 1 atom stereocenters. The Hall–Kier alpha value is 0.270. The van der Waals surface area contributed by atoms with Crippen LogP contribution >= 0.6 is 11.8 Å². The van der Waals surface area contributed by atoms with Crippen LogP contribution in [0.1, 0.15) is 53.9 Å². The van der Waals surface area contributed by atoms with Crippen molar-refractivity contribution in [1.82, 2.24) is 10.2 Å². The van der Waals surface area contributed by atoms with E-state index in [4.69, 9.17) is 0 Å². The summed E-state index contributed by atoms with van der Waals surface area (Å²) in [7, 11) is 0. The van der Waals surface area contributed by atoms with Gasteiger partial charge in [0.15, 0.2) is 0 Å². The Kier molecular flexibility index (Phi) is 7.78. The minimum absolute atomic E-state index is 0.469. The van der Waals surface area contributed by atoms with Gasteiger partial charge >= 0.3 is 0 Å². The average molecular weight is 287 g/mol. The first kappa shape index (κ1) is 17.3. The summed E-state index contributed by atoms with van der Waals surface area (Å²) in [6, 6.07) is 0.734. The van der Waals surface area contributed by atoms with E-state index in [0.717, 1.165) is 25.0 Å². The van der Waals surface area contributed by atoms with E-state index in [2.05, 4.69) is 56.6 Å². The van der Waals surface area contributed by atoms with Crippen LogP contribution in [0.3, 0.4) is 0 Å². The second-order valence-electron chi connectivity index (χ2n) is 6.89. The fraction of sp³-hybridized carbons (Fsp3) is 1.00. The monoisotopic (exact) mass is 286 g/mol. The van der Waals surface area contributed by atoms with Gasteiger partial charge in [-0.2, -0.15) is 11.8 Å². The molecule has 1 aliphatic rings. The number of nitrogens with zero attached hydrogens (tertiary/aromatic N) is 1. The Balaban J connectivity index is 2.45. The molecule has 1 unspecified atom stereocenters. The van der Waals surface area contributed by atoms with Crippen LogP contribution in [0.5, 0.6) is 0 Å². The molecule has 1 rings (SSSR count). The van der Waals surface area contributed by atoms with Crippen LogP contribution in [-0.4, -0.2) is 47.6 Å². The van der Waals surface area contributed by atoms with Crippen molar-refractivity contribution in [3.63, 3.8) is 0 Å². The molecule has 19 heavy (non-hydrogen) atoms. The SMILES string of the molecule is CCCC(CNCC(C)C)N1CCSC(C)(C)CC1. The van der Waals surface area contributed by atoms with Gasteiger partial charge in [0.25, 0.3) is 0 Å². The van der Waals surface area contributed by atoms with Crippen molar-refractivity contribution < 1.29 is 0 Å². The first-order valence-corrected chi connectivity index (χ1v) is 9.02. The minimum atomic E-state index is 0.469. The van der Waals surface area contributed by atoms with E-state index in [0.29, 0.717) is 4.75 Å². The fourth-order valence-electron chi connectivity index (χ4n) is 2.69. The molecule has 0 aromatic rings. The zero-order chi connectivity index (χ0) is 14.3. The Morgan fingerprint density at radius 3 is 2.58 bits per heavy atom. The Labute approximate surface area is 125 Å². The van der Waals surface area contributed by atoms with Crippen molar-refractivity contribution in [2.75, 3.05) is 31.9 Å². The lowest BCUT2D eigenvalue weighted by Gasteiger charge is -2.31. The summed E-state index contributed by atoms with van der Waals surface area (Å²) < 4.78 is 0.469. The molecule has 0 bridgehead atoms. The highest BCUT2D eigenvalue weighted by atomic mass is 32.2. The summed E-state index contributed by atoms with van der Waals surface area (Å²) in [4.78, 5) is 2.73. The van der Waals surface area contributed by atoms with Gasteiger partial charge in [-0.3, -0.25) is 4.90 Å². The Bertz CT molecular complexity index is 241. The molecule has 1 heterocycles. The molecule has 1 fully saturated rings. The molecule has 0 radical (unpaired) electrons. The third-order valence-electron chi connectivity index (χ3n) is 3.94. The van der Waals surface area contributed by atoms with Crippen LogP contribution in [0.15, 0.2) is 0 Å². The van der Waals surface area contributed by atoms with Crippen molar-refractivity contribution in [1.29, 1.82) is 0 Å². The average Bonchev–Trinajstić information content (AvgIpc) is 2.49. The van der Waals surface area contributed by atoms with Crippen LogP contribution in [0.2, 0.25) is 0 Å². The molecule has 1 saturated heterocycles. The topological polar surface area (TPSA) is 15.3 Å². The van der Waals surface area contributed by atoms with Gasteiger partial charge in [0.05, 0.1) is 0 Å². The molecule has 3 heteroatoms. The van der Waals surface area contributed by atoms with Gasteiger partial charge in [0.1, 0.15) is 0 Å². The minimum Gasteiger partial charge on any atom is -0.315 e. The van der Waals surface area contributed by atoms with E-state index in [1.165, 1.54) is 38.1 Å². The third kappa shape index (κ3) is 7.01. The first-order valence-electron chi connectivity index (χ1n) is 8.03. The van der Waals surface area contributed by atoms with Crippen LogP contribution < -0.4 is 5.32 Å². The Morgan fingerprint density at radius 1 is 1.21 bits per heavy atom. The van der Waals surface area contributed by atoms with Crippen molar-refractivity contribution in [2.24, 2.45) is 5.92 Å². The Morgan fingerprint density at radius 2 is 1.95 bits per heavy atom. The van der Waals surface area contributed by atoms with Gasteiger partial charge in [-0.15, -0.1) is 0 Å². The highest BCUT2D eigenvalue weighted by molar-refractivity contribution is 8.00. The maximum Gasteiger partial charge on any atom is 0.0220 e. The molecular weight excluding hydrogens is 252 g/mol. The second kappa shape index (κ2) is 8.53. The summed E-state index contributed by atoms with van der Waals surface area (Å²) in [5, 5.41) is 3.66.